The van der Waals surface area contributed by atoms with Crippen molar-refractivity contribution in [3.05, 3.63) is 47.6 Å². The Kier molecular flexibility index (Phi) is 4.04. The van der Waals surface area contributed by atoms with E-state index in [9.17, 15) is 4.79 Å². The molecular weight excluding hydrogens is 334 g/mol. The molecule has 9 heteroatoms. The van der Waals surface area contributed by atoms with Crippen LogP contribution in [-0.4, -0.2) is 30.8 Å². The first-order valence-corrected chi connectivity index (χ1v) is 8.25. The largest absolute Gasteiger partial charge is 0.443 e. The fraction of sp³-hybridized carbons (Fsp3) is 0.294. The van der Waals surface area contributed by atoms with Crippen LogP contribution in [0, 0.1) is 6.92 Å². The van der Waals surface area contributed by atoms with Crippen molar-refractivity contribution in [2.75, 3.05) is 5.73 Å². The molecule has 4 rings (SSSR count). The third-order valence-corrected chi connectivity index (χ3v) is 4.13. The van der Waals surface area contributed by atoms with E-state index < -0.39 is 5.91 Å². The van der Waals surface area contributed by atoms with Gasteiger partial charge >= 0.3 is 0 Å². The molecule has 3 N–H and O–H groups in total. The van der Waals surface area contributed by atoms with Crippen molar-refractivity contribution in [3.8, 4) is 11.6 Å². The average Bonchev–Trinajstić information content (AvgIpc) is 3.35. The number of carbonyl (C=O) groups excluding carboxylic acids is 1. The summed E-state index contributed by atoms with van der Waals surface area (Å²) in [4.78, 5) is 33.7. The summed E-state index contributed by atoms with van der Waals surface area (Å²) in [5, 5.41) is 2.80. The molecule has 1 fully saturated rings. The summed E-state index contributed by atoms with van der Waals surface area (Å²) in [6.45, 7) is 1.98. The molecule has 0 aromatic carbocycles. The van der Waals surface area contributed by atoms with Crippen molar-refractivity contribution in [2.24, 2.45) is 0 Å². The second-order valence-corrected chi connectivity index (χ2v) is 6.07. The van der Waals surface area contributed by atoms with Gasteiger partial charge in [0.25, 0.3) is 5.91 Å². The Hall–Kier alpha value is -3.36. The Morgan fingerprint density at radius 1 is 1.23 bits per heavy atom. The minimum atomic E-state index is -0.413. The molecule has 0 aliphatic heterocycles. The normalized spacial score (nSPS) is 13.6. The molecule has 1 amide bonds. The van der Waals surface area contributed by atoms with Crippen LogP contribution in [0.5, 0.6) is 0 Å². The van der Waals surface area contributed by atoms with E-state index in [1.807, 2.05) is 0 Å². The van der Waals surface area contributed by atoms with Crippen LogP contribution in [-0.2, 0) is 6.54 Å². The molecule has 0 unspecified atom stereocenters. The van der Waals surface area contributed by atoms with E-state index in [1.165, 1.54) is 12.5 Å². The number of carbonyl (C=O) groups is 1. The minimum absolute atomic E-state index is 0.0165. The van der Waals surface area contributed by atoms with Crippen LogP contribution in [0.4, 0.5) is 5.82 Å². The summed E-state index contributed by atoms with van der Waals surface area (Å²) in [7, 11) is 0. The van der Waals surface area contributed by atoms with Gasteiger partial charge < -0.3 is 15.5 Å². The van der Waals surface area contributed by atoms with E-state index in [2.05, 4.69) is 30.2 Å². The number of hydrogen-bond acceptors (Lipinski definition) is 8. The van der Waals surface area contributed by atoms with Crippen molar-refractivity contribution in [1.29, 1.82) is 0 Å². The summed E-state index contributed by atoms with van der Waals surface area (Å²) < 4.78 is 5.22. The fourth-order valence-electron chi connectivity index (χ4n) is 2.70. The molecule has 0 radical (unpaired) electrons. The van der Waals surface area contributed by atoms with Gasteiger partial charge in [-0.2, -0.15) is 0 Å². The number of oxazole rings is 1. The van der Waals surface area contributed by atoms with Crippen LogP contribution in [0.1, 0.15) is 46.3 Å². The molecule has 26 heavy (non-hydrogen) atoms. The van der Waals surface area contributed by atoms with Crippen LogP contribution in [0.2, 0.25) is 0 Å². The molecule has 3 aromatic heterocycles. The van der Waals surface area contributed by atoms with Gasteiger partial charge in [0.05, 0.1) is 29.8 Å². The summed E-state index contributed by atoms with van der Waals surface area (Å²) >= 11 is 0. The lowest BCUT2D eigenvalue weighted by atomic mass is 10.2. The third-order valence-electron chi connectivity index (χ3n) is 4.13. The Balaban J connectivity index is 1.53. The van der Waals surface area contributed by atoms with Crippen LogP contribution in [0.15, 0.2) is 29.3 Å². The van der Waals surface area contributed by atoms with Gasteiger partial charge in [-0.25, -0.2) is 15.0 Å². The lowest BCUT2D eigenvalue weighted by Crippen LogP contribution is -2.27. The maximum Gasteiger partial charge on any atom is 0.274 e. The predicted molar refractivity (Wildman–Crippen MR) is 91.9 cm³/mol. The van der Waals surface area contributed by atoms with Crippen molar-refractivity contribution in [3.63, 3.8) is 0 Å². The van der Waals surface area contributed by atoms with Gasteiger partial charge in [0.15, 0.2) is 11.5 Å². The van der Waals surface area contributed by atoms with Crippen molar-refractivity contribution in [2.45, 2.75) is 32.2 Å². The van der Waals surface area contributed by atoms with Gasteiger partial charge in [0, 0.05) is 18.3 Å². The molecule has 1 saturated carbocycles. The topological polar surface area (TPSA) is 133 Å². The van der Waals surface area contributed by atoms with Crippen LogP contribution >= 0.6 is 0 Å². The van der Waals surface area contributed by atoms with Crippen molar-refractivity contribution >= 4 is 11.7 Å². The van der Waals surface area contributed by atoms with Crippen LogP contribution in [0.3, 0.4) is 0 Å². The molecular formula is C17H17N7O2. The molecule has 132 valence electrons. The molecule has 0 spiro atoms. The second-order valence-electron chi connectivity index (χ2n) is 6.07. The monoisotopic (exact) mass is 351 g/mol. The van der Waals surface area contributed by atoms with Gasteiger partial charge in [-0.1, -0.05) is 0 Å². The number of nitrogens with two attached hydrogens (primary N) is 1. The fourth-order valence-corrected chi connectivity index (χ4v) is 2.70. The number of rotatable bonds is 5. The molecule has 3 aromatic rings. The molecule has 9 nitrogen and oxygen atoms in total. The number of anilines is 1. The Bertz CT molecular complexity index is 952. The van der Waals surface area contributed by atoms with Gasteiger partial charge in [0.1, 0.15) is 12.0 Å². The van der Waals surface area contributed by atoms with E-state index >= 15 is 0 Å². The Morgan fingerprint density at radius 3 is 2.77 bits per heavy atom. The highest BCUT2D eigenvalue weighted by Crippen LogP contribution is 2.39. The number of nitrogens with one attached hydrogen (secondary N) is 1. The Morgan fingerprint density at radius 2 is 2.04 bits per heavy atom. The second kappa shape index (κ2) is 6.51. The van der Waals surface area contributed by atoms with E-state index in [0.717, 1.165) is 24.2 Å². The third kappa shape index (κ3) is 3.10. The summed E-state index contributed by atoms with van der Waals surface area (Å²) in [6.07, 6.45) is 8.46. The van der Waals surface area contributed by atoms with E-state index in [4.69, 9.17) is 10.2 Å². The highest BCUT2D eigenvalue weighted by atomic mass is 16.3. The molecule has 1 aliphatic rings. The predicted octanol–water partition coefficient (Wildman–Crippen LogP) is 1.62. The maximum atomic E-state index is 12.5. The van der Waals surface area contributed by atoms with Gasteiger partial charge in [0.2, 0.25) is 5.89 Å². The highest BCUT2D eigenvalue weighted by molar-refractivity contribution is 5.96. The Labute approximate surface area is 149 Å². The quantitative estimate of drug-likeness (QED) is 0.708. The number of nitrogens with zero attached hydrogens (tertiary/aromatic N) is 5. The van der Waals surface area contributed by atoms with Gasteiger partial charge in [-0.3, -0.25) is 14.8 Å². The van der Waals surface area contributed by atoms with Crippen LogP contribution in [0.25, 0.3) is 11.6 Å². The molecule has 1 aliphatic carbocycles. The van der Waals surface area contributed by atoms with Crippen molar-refractivity contribution < 1.29 is 9.21 Å². The number of nitrogen functional groups attached to an aromatic ring is 1. The lowest BCUT2D eigenvalue weighted by Gasteiger charge is -2.10. The maximum absolute atomic E-state index is 12.5. The average molecular weight is 351 g/mol. The van der Waals surface area contributed by atoms with Gasteiger partial charge in [-0.05, 0) is 19.8 Å². The van der Waals surface area contributed by atoms with Gasteiger partial charge in [-0.15, -0.1) is 0 Å². The highest BCUT2D eigenvalue weighted by Gasteiger charge is 2.28. The standard InChI is InChI=1S/C17H17N7O2/c1-9-12(17-21-6-7-26-17)24-15(18)14(23-9)16(25)22-8-11-13(10-2-3-10)20-5-4-19-11/h4-7,10H,2-3,8H2,1H3,(H2,18,24)(H,22,25). The molecule has 0 bridgehead atoms. The summed E-state index contributed by atoms with van der Waals surface area (Å²) in [6, 6.07) is 0. The number of aryl methyl sites for hydroxylation is 1. The first-order valence-electron chi connectivity index (χ1n) is 8.25. The smallest absolute Gasteiger partial charge is 0.274 e. The number of amides is 1. The first-order chi connectivity index (χ1) is 12.6. The summed E-state index contributed by atoms with van der Waals surface area (Å²) in [5.41, 5.74) is 8.62. The van der Waals surface area contributed by atoms with E-state index in [-0.39, 0.29) is 18.1 Å². The zero-order chi connectivity index (χ0) is 18.1. The number of aromatic nitrogens is 5. The van der Waals surface area contributed by atoms with E-state index in [1.54, 1.807) is 19.3 Å². The number of hydrogen-bond donors (Lipinski definition) is 2. The zero-order valence-corrected chi connectivity index (χ0v) is 14.1. The lowest BCUT2D eigenvalue weighted by molar-refractivity contribution is 0.0945. The summed E-state index contributed by atoms with van der Waals surface area (Å²) in [5.74, 6) is 0.359. The molecule has 0 saturated heterocycles. The first kappa shape index (κ1) is 16.1. The molecule has 0 atom stereocenters. The molecule has 3 heterocycles. The van der Waals surface area contributed by atoms with Crippen molar-refractivity contribution in [1.82, 2.24) is 30.2 Å². The van der Waals surface area contributed by atoms with E-state index in [0.29, 0.717) is 23.2 Å². The van der Waals surface area contributed by atoms with Crippen LogP contribution < -0.4 is 11.1 Å². The SMILES string of the molecule is Cc1nc(C(=O)NCc2nccnc2C2CC2)c(N)nc1-c1ncco1. The zero-order valence-electron chi connectivity index (χ0n) is 14.1. The minimum Gasteiger partial charge on any atom is -0.443 e.